The van der Waals surface area contributed by atoms with Gasteiger partial charge in [0.05, 0.1) is 18.0 Å². The number of fused-ring (bicyclic) bond motifs is 2. The van der Waals surface area contributed by atoms with E-state index in [4.69, 9.17) is 4.74 Å². The van der Waals surface area contributed by atoms with Crippen LogP contribution in [0.4, 0.5) is 4.79 Å². The van der Waals surface area contributed by atoms with Gasteiger partial charge in [-0.25, -0.2) is 4.79 Å². The molecule has 2 amide bonds. The molecular weight excluding hydrogens is 372 g/mol. The number of nitrogens with zero attached hydrogens (tertiary/aromatic N) is 1. The summed E-state index contributed by atoms with van der Waals surface area (Å²) in [4.78, 5) is 27.1. The Hall–Kier alpha value is -1.30. The summed E-state index contributed by atoms with van der Waals surface area (Å²) < 4.78 is 6.65. The molecule has 3 aliphatic rings. The van der Waals surface area contributed by atoms with Crippen LogP contribution in [0.2, 0.25) is 0 Å². The lowest BCUT2D eigenvalue weighted by Gasteiger charge is -2.55. The van der Waals surface area contributed by atoms with Crippen molar-refractivity contribution in [1.29, 1.82) is 0 Å². The van der Waals surface area contributed by atoms with Crippen molar-refractivity contribution < 1.29 is 14.3 Å². The van der Waals surface area contributed by atoms with Gasteiger partial charge in [0.2, 0.25) is 5.91 Å². The number of carbonyl (C=O) groups is 2. The van der Waals surface area contributed by atoms with Gasteiger partial charge in [0.25, 0.3) is 0 Å². The SMILES string of the molecule is CC(C)(C)OC(=O)N1CCCCC12CC(=O)NC1C=CC(Br)=CC12. The van der Waals surface area contributed by atoms with Gasteiger partial charge in [-0.2, -0.15) is 0 Å². The van der Waals surface area contributed by atoms with Crippen molar-refractivity contribution in [3.05, 3.63) is 22.7 Å². The molecule has 5 nitrogen and oxygen atoms in total. The molecule has 0 bridgehead atoms. The second kappa shape index (κ2) is 6.21. The van der Waals surface area contributed by atoms with Gasteiger partial charge in [-0.05, 0) is 40.0 Å². The molecule has 2 fully saturated rings. The molecule has 0 aromatic rings. The van der Waals surface area contributed by atoms with E-state index in [1.54, 1.807) is 0 Å². The quantitative estimate of drug-likeness (QED) is 0.681. The monoisotopic (exact) mass is 396 g/mol. The van der Waals surface area contributed by atoms with Gasteiger partial charge in [0.1, 0.15) is 5.60 Å². The Labute approximate surface area is 151 Å². The molecule has 2 heterocycles. The molecule has 132 valence electrons. The van der Waals surface area contributed by atoms with Crippen molar-refractivity contribution in [2.24, 2.45) is 5.92 Å². The number of carbonyl (C=O) groups excluding carboxylic acids is 2. The first kappa shape index (κ1) is 17.5. The Balaban J connectivity index is 1.97. The number of hydrogen-bond acceptors (Lipinski definition) is 3. The number of hydrogen-bond donors (Lipinski definition) is 1. The Morgan fingerprint density at radius 2 is 2.17 bits per heavy atom. The zero-order valence-electron chi connectivity index (χ0n) is 14.5. The fraction of sp³-hybridized carbons (Fsp3) is 0.667. The van der Waals surface area contributed by atoms with Crippen molar-refractivity contribution in [1.82, 2.24) is 10.2 Å². The molecule has 0 saturated carbocycles. The van der Waals surface area contributed by atoms with E-state index < -0.39 is 11.1 Å². The van der Waals surface area contributed by atoms with Crippen LogP contribution < -0.4 is 5.32 Å². The van der Waals surface area contributed by atoms with Crippen LogP contribution in [0, 0.1) is 5.92 Å². The molecule has 0 aromatic heterocycles. The first-order chi connectivity index (χ1) is 11.2. The van der Waals surface area contributed by atoms with Crippen molar-refractivity contribution >= 4 is 27.9 Å². The highest BCUT2D eigenvalue weighted by Gasteiger charge is 2.54. The average Bonchev–Trinajstić information content (AvgIpc) is 2.47. The van der Waals surface area contributed by atoms with Gasteiger partial charge in [0, 0.05) is 16.9 Å². The van der Waals surface area contributed by atoms with E-state index in [0.717, 1.165) is 23.7 Å². The largest absolute Gasteiger partial charge is 0.444 e. The third kappa shape index (κ3) is 3.25. The molecule has 3 atom stereocenters. The lowest BCUT2D eigenvalue weighted by atomic mass is 9.67. The molecule has 6 heteroatoms. The molecule has 1 N–H and O–H groups in total. The van der Waals surface area contributed by atoms with Crippen LogP contribution in [0.25, 0.3) is 0 Å². The number of halogens is 1. The summed E-state index contributed by atoms with van der Waals surface area (Å²) in [5, 5.41) is 3.05. The number of likely N-dealkylation sites (tertiary alicyclic amines) is 1. The lowest BCUT2D eigenvalue weighted by molar-refractivity contribution is -0.131. The first-order valence-corrected chi connectivity index (χ1v) is 9.36. The second-order valence-electron chi connectivity index (χ2n) is 7.90. The summed E-state index contributed by atoms with van der Waals surface area (Å²) in [7, 11) is 0. The molecule has 24 heavy (non-hydrogen) atoms. The van der Waals surface area contributed by atoms with Gasteiger partial charge < -0.3 is 15.0 Å². The minimum Gasteiger partial charge on any atom is -0.444 e. The smallest absolute Gasteiger partial charge is 0.410 e. The van der Waals surface area contributed by atoms with Crippen molar-refractivity contribution in [3.63, 3.8) is 0 Å². The highest BCUT2D eigenvalue weighted by atomic mass is 79.9. The Morgan fingerprint density at radius 3 is 2.88 bits per heavy atom. The number of piperidine rings is 2. The van der Waals surface area contributed by atoms with E-state index in [1.807, 2.05) is 37.8 Å². The number of amides is 2. The Morgan fingerprint density at radius 1 is 1.42 bits per heavy atom. The maximum atomic E-state index is 12.9. The molecule has 3 rings (SSSR count). The number of allylic oxidation sites excluding steroid dienone is 2. The summed E-state index contributed by atoms with van der Waals surface area (Å²) in [5.41, 5.74) is -1.05. The summed E-state index contributed by atoms with van der Waals surface area (Å²) in [5.74, 6) is 0.0603. The van der Waals surface area contributed by atoms with E-state index in [-0.39, 0.29) is 24.0 Å². The lowest BCUT2D eigenvalue weighted by Crippen LogP contribution is -2.68. The van der Waals surface area contributed by atoms with Crippen molar-refractivity contribution in [2.75, 3.05) is 6.54 Å². The fourth-order valence-corrected chi connectivity index (χ4v) is 4.52. The Kier molecular flexibility index (Phi) is 4.53. The molecule has 2 aliphatic heterocycles. The second-order valence-corrected chi connectivity index (χ2v) is 8.81. The van der Waals surface area contributed by atoms with Crippen molar-refractivity contribution in [2.45, 2.75) is 63.6 Å². The van der Waals surface area contributed by atoms with E-state index >= 15 is 0 Å². The van der Waals surface area contributed by atoms with Gasteiger partial charge in [-0.3, -0.25) is 4.79 Å². The van der Waals surface area contributed by atoms with Crippen LogP contribution in [0.5, 0.6) is 0 Å². The molecule has 1 spiro atoms. The highest BCUT2D eigenvalue weighted by molar-refractivity contribution is 9.11. The summed E-state index contributed by atoms with van der Waals surface area (Å²) in [6, 6.07) is -0.0735. The van der Waals surface area contributed by atoms with Gasteiger partial charge in [-0.1, -0.05) is 34.2 Å². The molecule has 0 radical (unpaired) electrons. The van der Waals surface area contributed by atoms with E-state index in [0.29, 0.717) is 13.0 Å². The van der Waals surface area contributed by atoms with Crippen LogP contribution >= 0.6 is 15.9 Å². The third-order valence-electron chi connectivity index (χ3n) is 5.00. The molecule has 2 saturated heterocycles. The van der Waals surface area contributed by atoms with Crippen LogP contribution in [0.1, 0.15) is 46.5 Å². The maximum absolute atomic E-state index is 12.9. The van der Waals surface area contributed by atoms with E-state index in [2.05, 4.69) is 27.3 Å². The predicted molar refractivity (Wildman–Crippen MR) is 95.7 cm³/mol. The normalized spacial score (nSPS) is 32.9. The Bertz CT molecular complexity index is 608. The number of rotatable bonds is 0. The van der Waals surface area contributed by atoms with Crippen LogP contribution in [-0.2, 0) is 9.53 Å². The minimum absolute atomic E-state index is 0.00258. The van der Waals surface area contributed by atoms with Gasteiger partial charge >= 0.3 is 6.09 Å². The van der Waals surface area contributed by atoms with Gasteiger partial charge in [-0.15, -0.1) is 0 Å². The number of ether oxygens (including phenoxy) is 1. The van der Waals surface area contributed by atoms with E-state index in [9.17, 15) is 9.59 Å². The molecule has 3 unspecified atom stereocenters. The summed E-state index contributed by atoms with van der Waals surface area (Å²) >= 11 is 3.55. The third-order valence-corrected chi connectivity index (χ3v) is 5.52. The zero-order valence-corrected chi connectivity index (χ0v) is 16.1. The van der Waals surface area contributed by atoms with Crippen LogP contribution in [-0.4, -0.2) is 40.6 Å². The zero-order chi connectivity index (χ0) is 17.5. The van der Waals surface area contributed by atoms with Crippen LogP contribution in [0.15, 0.2) is 22.7 Å². The summed E-state index contributed by atoms with van der Waals surface area (Å²) in [6.07, 6.45) is 8.91. The molecular formula is C18H25BrN2O3. The predicted octanol–water partition coefficient (Wildman–Crippen LogP) is 3.50. The standard InChI is InChI=1S/C18H25BrN2O3/c1-17(2,3)24-16(23)21-9-5-4-8-18(21)11-15(22)20-14-7-6-12(19)10-13(14)18/h6-7,10,13-14H,4-5,8-9,11H2,1-3H3,(H,20,22). The first-order valence-electron chi connectivity index (χ1n) is 8.57. The van der Waals surface area contributed by atoms with Crippen LogP contribution in [0.3, 0.4) is 0 Å². The van der Waals surface area contributed by atoms with Gasteiger partial charge in [0.15, 0.2) is 0 Å². The maximum Gasteiger partial charge on any atom is 0.410 e. The average molecular weight is 397 g/mol. The minimum atomic E-state index is -0.547. The topological polar surface area (TPSA) is 58.6 Å². The van der Waals surface area contributed by atoms with E-state index in [1.165, 1.54) is 0 Å². The molecule has 0 aromatic carbocycles. The summed E-state index contributed by atoms with van der Waals surface area (Å²) in [6.45, 7) is 6.26. The highest BCUT2D eigenvalue weighted by Crippen LogP contribution is 2.45. The number of nitrogens with one attached hydrogen (secondary N) is 1. The molecule has 1 aliphatic carbocycles. The fourth-order valence-electron chi connectivity index (χ4n) is 4.09. The van der Waals surface area contributed by atoms with Crippen molar-refractivity contribution in [3.8, 4) is 0 Å².